The number of hydrogen-bond donors (Lipinski definition) is 1. The van der Waals surface area contributed by atoms with Gasteiger partial charge < -0.3 is 10.1 Å². The molecule has 4 heteroatoms. The summed E-state index contributed by atoms with van der Waals surface area (Å²) in [6.07, 6.45) is 0.649. The Labute approximate surface area is 71.5 Å². The van der Waals surface area contributed by atoms with E-state index in [1.807, 2.05) is 13.0 Å². The summed E-state index contributed by atoms with van der Waals surface area (Å²) in [7, 11) is 0. The third kappa shape index (κ3) is 1.95. The van der Waals surface area contributed by atoms with Crippen LogP contribution in [-0.4, -0.2) is 25.2 Å². The Morgan fingerprint density at radius 2 is 2.50 bits per heavy atom. The summed E-state index contributed by atoms with van der Waals surface area (Å²) in [6.45, 7) is 2.85. The number of rotatable bonds is 3. The summed E-state index contributed by atoms with van der Waals surface area (Å²) in [4.78, 5) is 11.2. The van der Waals surface area contributed by atoms with Crippen molar-refractivity contribution in [2.24, 2.45) is 5.92 Å². The predicted octanol–water partition coefficient (Wildman–Crippen LogP) is 0.0512. The molecule has 1 rings (SSSR count). The molecule has 0 spiro atoms. The van der Waals surface area contributed by atoms with E-state index in [0.717, 1.165) is 0 Å². The zero-order valence-electron chi connectivity index (χ0n) is 7.04. The van der Waals surface area contributed by atoms with Crippen molar-refractivity contribution in [2.45, 2.75) is 19.4 Å². The highest BCUT2D eigenvalue weighted by Gasteiger charge is 2.27. The Balaban J connectivity index is 2.29. The quantitative estimate of drug-likeness (QED) is 0.647. The number of nitriles is 1. The van der Waals surface area contributed by atoms with Gasteiger partial charge in [0.25, 0.3) is 0 Å². The van der Waals surface area contributed by atoms with E-state index in [1.54, 1.807) is 0 Å². The van der Waals surface area contributed by atoms with Crippen LogP contribution in [0.4, 0.5) is 0 Å². The van der Waals surface area contributed by atoms with Gasteiger partial charge in [-0.1, -0.05) is 6.92 Å². The van der Waals surface area contributed by atoms with Crippen LogP contribution in [0.2, 0.25) is 0 Å². The fraction of sp³-hybridized carbons (Fsp3) is 0.750. The van der Waals surface area contributed by atoms with E-state index < -0.39 is 0 Å². The summed E-state index contributed by atoms with van der Waals surface area (Å²) in [6, 6.07) is 1.66. The van der Waals surface area contributed by atoms with Crippen LogP contribution in [0.15, 0.2) is 0 Å². The molecule has 1 aliphatic heterocycles. The van der Waals surface area contributed by atoms with E-state index in [2.05, 4.69) is 5.32 Å². The van der Waals surface area contributed by atoms with Gasteiger partial charge in [0.2, 0.25) is 5.91 Å². The third-order valence-corrected chi connectivity index (χ3v) is 1.89. The highest BCUT2D eigenvalue weighted by Crippen LogP contribution is 2.09. The molecule has 1 saturated heterocycles. The van der Waals surface area contributed by atoms with Crippen molar-refractivity contribution in [1.29, 1.82) is 5.26 Å². The summed E-state index contributed by atoms with van der Waals surface area (Å²) < 4.78 is 4.86. The topological polar surface area (TPSA) is 62.1 Å². The molecule has 0 aromatic heterocycles. The molecule has 1 N–H and O–H groups in total. The SMILES string of the molecule is CC[C@@H](C#N)NC(=O)C1COC1. The van der Waals surface area contributed by atoms with Gasteiger partial charge in [0.05, 0.1) is 25.2 Å². The Hall–Kier alpha value is -1.08. The van der Waals surface area contributed by atoms with Crippen molar-refractivity contribution in [3.05, 3.63) is 0 Å². The number of ether oxygens (including phenoxy) is 1. The number of carbonyl (C=O) groups is 1. The molecule has 0 aromatic rings. The van der Waals surface area contributed by atoms with Crippen LogP contribution in [0.5, 0.6) is 0 Å². The lowest BCUT2D eigenvalue weighted by atomic mass is 10.1. The zero-order valence-corrected chi connectivity index (χ0v) is 7.04. The van der Waals surface area contributed by atoms with Crippen LogP contribution in [0.3, 0.4) is 0 Å². The highest BCUT2D eigenvalue weighted by molar-refractivity contribution is 5.80. The summed E-state index contributed by atoms with van der Waals surface area (Å²) >= 11 is 0. The Morgan fingerprint density at radius 1 is 1.83 bits per heavy atom. The van der Waals surface area contributed by atoms with Gasteiger partial charge >= 0.3 is 0 Å². The van der Waals surface area contributed by atoms with Crippen molar-refractivity contribution >= 4 is 5.91 Å². The van der Waals surface area contributed by atoms with E-state index in [4.69, 9.17) is 10.00 Å². The molecule has 0 unspecified atom stereocenters. The molecular formula is C8H12N2O2. The van der Waals surface area contributed by atoms with Crippen LogP contribution >= 0.6 is 0 Å². The standard InChI is InChI=1S/C8H12N2O2/c1-2-7(3-9)10-8(11)6-4-12-5-6/h6-7H,2,4-5H2,1H3,(H,10,11)/t7-/m0/s1. The fourth-order valence-corrected chi connectivity index (χ4v) is 0.902. The highest BCUT2D eigenvalue weighted by atomic mass is 16.5. The number of carbonyl (C=O) groups excluding carboxylic acids is 1. The number of hydrogen-bond acceptors (Lipinski definition) is 3. The van der Waals surface area contributed by atoms with Gasteiger partial charge in [0, 0.05) is 0 Å². The Morgan fingerprint density at radius 3 is 2.83 bits per heavy atom. The Bertz CT molecular complexity index is 206. The molecule has 12 heavy (non-hydrogen) atoms. The minimum Gasteiger partial charge on any atom is -0.380 e. The largest absolute Gasteiger partial charge is 0.380 e. The van der Waals surface area contributed by atoms with Crippen molar-refractivity contribution in [1.82, 2.24) is 5.32 Å². The van der Waals surface area contributed by atoms with Crippen LogP contribution in [0, 0.1) is 17.2 Å². The molecule has 4 nitrogen and oxygen atoms in total. The van der Waals surface area contributed by atoms with Gasteiger partial charge in [-0.15, -0.1) is 0 Å². The monoisotopic (exact) mass is 168 g/mol. The van der Waals surface area contributed by atoms with E-state index in [9.17, 15) is 4.79 Å². The fourth-order valence-electron chi connectivity index (χ4n) is 0.902. The zero-order chi connectivity index (χ0) is 8.97. The lowest BCUT2D eigenvalue weighted by molar-refractivity contribution is -0.139. The first kappa shape index (κ1) is 9.01. The first-order chi connectivity index (χ1) is 5.77. The average molecular weight is 168 g/mol. The molecule has 0 saturated carbocycles. The van der Waals surface area contributed by atoms with Crippen LogP contribution < -0.4 is 5.32 Å². The van der Waals surface area contributed by atoms with E-state index >= 15 is 0 Å². The predicted molar refractivity (Wildman–Crippen MR) is 42.1 cm³/mol. The van der Waals surface area contributed by atoms with Crippen molar-refractivity contribution in [3.63, 3.8) is 0 Å². The molecule has 1 atom stereocenters. The maximum Gasteiger partial charge on any atom is 0.228 e. The van der Waals surface area contributed by atoms with Gasteiger partial charge in [-0.05, 0) is 6.42 Å². The first-order valence-electron chi connectivity index (χ1n) is 4.05. The lowest BCUT2D eigenvalue weighted by Crippen LogP contribution is -2.45. The van der Waals surface area contributed by atoms with Gasteiger partial charge in [0.15, 0.2) is 0 Å². The van der Waals surface area contributed by atoms with Gasteiger partial charge in [-0.25, -0.2) is 0 Å². The second-order valence-electron chi connectivity index (χ2n) is 2.83. The molecule has 66 valence electrons. The summed E-state index contributed by atoms with van der Waals surface area (Å²) in [5.41, 5.74) is 0. The molecule has 1 heterocycles. The maximum absolute atomic E-state index is 11.2. The number of nitrogens with one attached hydrogen (secondary N) is 1. The minimum atomic E-state index is -0.349. The van der Waals surface area contributed by atoms with Gasteiger partial charge in [0.1, 0.15) is 6.04 Å². The van der Waals surface area contributed by atoms with Crippen molar-refractivity contribution < 1.29 is 9.53 Å². The molecule has 0 aliphatic carbocycles. The smallest absolute Gasteiger partial charge is 0.228 e. The normalized spacial score (nSPS) is 19.0. The van der Waals surface area contributed by atoms with E-state index in [1.165, 1.54) is 0 Å². The minimum absolute atomic E-state index is 0.0348. The summed E-state index contributed by atoms with van der Waals surface area (Å²) in [5.74, 6) is -0.0953. The van der Waals surface area contributed by atoms with Crippen molar-refractivity contribution in [2.75, 3.05) is 13.2 Å². The van der Waals surface area contributed by atoms with E-state index in [0.29, 0.717) is 19.6 Å². The van der Waals surface area contributed by atoms with Crippen LogP contribution in [0.25, 0.3) is 0 Å². The van der Waals surface area contributed by atoms with Gasteiger partial charge in [-0.3, -0.25) is 4.79 Å². The maximum atomic E-state index is 11.2. The van der Waals surface area contributed by atoms with Crippen molar-refractivity contribution in [3.8, 4) is 6.07 Å². The lowest BCUT2D eigenvalue weighted by Gasteiger charge is -2.25. The number of amides is 1. The third-order valence-electron chi connectivity index (χ3n) is 1.89. The van der Waals surface area contributed by atoms with Crippen LogP contribution in [0.1, 0.15) is 13.3 Å². The second-order valence-corrected chi connectivity index (χ2v) is 2.83. The molecule has 0 bridgehead atoms. The van der Waals surface area contributed by atoms with Gasteiger partial charge in [-0.2, -0.15) is 5.26 Å². The molecular weight excluding hydrogens is 156 g/mol. The number of nitrogens with zero attached hydrogens (tertiary/aromatic N) is 1. The molecule has 0 radical (unpaired) electrons. The van der Waals surface area contributed by atoms with Crippen LogP contribution in [-0.2, 0) is 9.53 Å². The first-order valence-corrected chi connectivity index (χ1v) is 4.05. The Kier molecular flexibility index (Phi) is 3.06. The second kappa shape index (κ2) is 4.07. The molecule has 1 aliphatic rings. The molecule has 1 fully saturated rings. The molecule has 1 amide bonds. The molecule has 0 aromatic carbocycles. The summed E-state index contributed by atoms with van der Waals surface area (Å²) in [5, 5.41) is 11.2. The average Bonchev–Trinajstić information content (AvgIpc) is 1.96. The van der Waals surface area contributed by atoms with E-state index in [-0.39, 0.29) is 17.9 Å².